The van der Waals surface area contributed by atoms with Crippen LogP contribution in [-0.2, 0) is 29.1 Å². The van der Waals surface area contributed by atoms with Crippen molar-refractivity contribution in [3.8, 4) is 11.5 Å². The fraction of sp³-hybridized carbons (Fsp3) is 0.231. The van der Waals surface area contributed by atoms with Crippen molar-refractivity contribution in [1.82, 2.24) is 10.2 Å². The molecular weight excluding hydrogens is 404 g/mol. The molecule has 32 heavy (non-hydrogen) atoms. The van der Waals surface area contributed by atoms with Gasteiger partial charge in [0.1, 0.15) is 6.04 Å². The predicted octanol–water partition coefficient (Wildman–Crippen LogP) is 3.65. The van der Waals surface area contributed by atoms with Crippen LogP contribution in [0.5, 0.6) is 11.5 Å². The summed E-state index contributed by atoms with van der Waals surface area (Å²) in [6.45, 7) is 0.688. The van der Waals surface area contributed by atoms with Crippen molar-refractivity contribution in [1.29, 1.82) is 0 Å². The SMILES string of the molecule is COc1ccc(CNC(=O)[C@H]2c3ccccc3CC(=O)N2Cc2ccccc2)cc1OC. The molecule has 6 heteroatoms. The predicted molar refractivity (Wildman–Crippen MR) is 121 cm³/mol. The highest BCUT2D eigenvalue weighted by Crippen LogP contribution is 2.32. The average Bonchev–Trinajstić information content (AvgIpc) is 2.83. The van der Waals surface area contributed by atoms with Gasteiger partial charge in [-0.25, -0.2) is 0 Å². The van der Waals surface area contributed by atoms with Gasteiger partial charge in [-0.05, 0) is 34.4 Å². The molecule has 0 fully saturated rings. The van der Waals surface area contributed by atoms with Gasteiger partial charge in [0.2, 0.25) is 11.8 Å². The van der Waals surface area contributed by atoms with Crippen molar-refractivity contribution in [2.24, 2.45) is 0 Å². The molecule has 0 unspecified atom stereocenters. The standard InChI is InChI=1S/C26H26N2O4/c1-31-22-13-12-19(14-23(22)32-2)16-27-26(30)25-21-11-7-6-10-20(21)15-24(29)28(25)17-18-8-4-3-5-9-18/h3-14,25H,15-17H2,1-2H3,(H,27,30)/t25-/m1/s1. The van der Waals surface area contributed by atoms with Crippen LogP contribution in [0.2, 0.25) is 0 Å². The lowest BCUT2D eigenvalue weighted by Gasteiger charge is -2.36. The lowest BCUT2D eigenvalue weighted by atomic mass is 9.91. The summed E-state index contributed by atoms with van der Waals surface area (Å²) in [5.74, 6) is 0.960. The molecule has 4 rings (SSSR count). The molecule has 0 bridgehead atoms. The zero-order valence-electron chi connectivity index (χ0n) is 18.2. The number of carbonyl (C=O) groups is 2. The lowest BCUT2D eigenvalue weighted by molar-refractivity contribution is -0.142. The van der Waals surface area contributed by atoms with Crippen LogP contribution in [0.1, 0.15) is 28.3 Å². The minimum atomic E-state index is -0.687. The van der Waals surface area contributed by atoms with Crippen molar-refractivity contribution < 1.29 is 19.1 Å². The van der Waals surface area contributed by atoms with E-state index in [-0.39, 0.29) is 11.8 Å². The Morgan fingerprint density at radius 2 is 1.66 bits per heavy atom. The summed E-state index contributed by atoms with van der Waals surface area (Å²) in [5.41, 5.74) is 3.62. The van der Waals surface area contributed by atoms with Gasteiger partial charge in [0, 0.05) is 13.1 Å². The van der Waals surface area contributed by atoms with E-state index in [1.807, 2.05) is 72.8 Å². The number of fused-ring (bicyclic) bond motifs is 1. The number of carbonyl (C=O) groups excluding carboxylic acids is 2. The number of nitrogens with zero attached hydrogens (tertiary/aromatic N) is 1. The third-order valence-corrected chi connectivity index (χ3v) is 5.68. The van der Waals surface area contributed by atoms with Gasteiger partial charge in [-0.3, -0.25) is 9.59 Å². The highest BCUT2D eigenvalue weighted by Gasteiger charge is 2.36. The molecule has 3 aromatic rings. The molecule has 1 aliphatic rings. The Hall–Kier alpha value is -3.80. The van der Waals surface area contributed by atoms with E-state index < -0.39 is 6.04 Å². The third-order valence-electron chi connectivity index (χ3n) is 5.68. The Bertz CT molecular complexity index is 1110. The summed E-state index contributed by atoms with van der Waals surface area (Å²) < 4.78 is 10.6. The number of methoxy groups -OCH3 is 2. The highest BCUT2D eigenvalue weighted by atomic mass is 16.5. The van der Waals surface area contributed by atoms with Gasteiger partial charge in [0.25, 0.3) is 0 Å². The van der Waals surface area contributed by atoms with Crippen LogP contribution in [0.3, 0.4) is 0 Å². The van der Waals surface area contributed by atoms with Crippen LogP contribution in [0.25, 0.3) is 0 Å². The second-order valence-corrected chi connectivity index (χ2v) is 7.69. The molecule has 0 radical (unpaired) electrons. The summed E-state index contributed by atoms with van der Waals surface area (Å²) in [7, 11) is 3.16. The van der Waals surface area contributed by atoms with Gasteiger partial charge >= 0.3 is 0 Å². The van der Waals surface area contributed by atoms with Crippen molar-refractivity contribution in [3.63, 3.8) is 0 Å². The number of ether oxygens (including phenoxy) is 2. The van der Waals surface area contributed by atoms with E-state index in [2.05, 4.69) is 5.32 Å². The first-order valence-corrected chi connectivity index (χ1v) is 10.5. The number of hydrogen-bond donors (Lipinski definition) is 1. The quantitative estimate of drug-likeness (QED) is 0.621. The van der Waals surface area contributed by atoms with E-state index in [1.54, 1.807) is 19.1 Å². The Balaban J connectivity index is 1.59. The van der Waals surface area contributed by atoms with Crippen LogP contribution in [0.15, 0.2) is 72.8 Å². The maximum Gasteiger partial charge on any atom is 0.247 e. The molecule has 6 nitrogen and oxygen atoms in total. The Morgan fingerprint density at radius 1 is 0.938 bits per heavy atom. The highest BCUT2D eigenvalue weighted by molar-refractivity contribution is 5.92. The average molecular weight is 431 g/mol. The summed E-state index contributed by atoms with van der Waals surface area (Å²) in [4.78, 5) is 28.1. The Morgan fingerprint density at radius 3 is 2.41 bits per heavy atom. The molecule has 2 amide bonds. The number of nitrogens with one attached hydrogen (secondary N) is 1. The van der Waals surface area contributed by atoms with Gasteiger partial charge in [-0.15, -0.1) is 0 Å². The van der Waals surface area contributed by atoms with E-state index >= 15 is 0 Å². The molecule has 0 aromatic heterocycles. The molecule has 0 aliphatic carbocycles. The first-order chi connectivity index (χ1) is 15.6. The van der Waals surface area contributed by atoms with E-state index in [4.69, 9.17) is 9.47 Å². The molecule has 164 valence electrons. The first kappa shape index (κ1) is 21.4. The van der Waals surface area contributed by atoms with Gasteiger partial charge in [-0.1, -0.05) is 60.7 Å². The minimum Gasteiger partial charge on any atom is -0.493 e. The van der Waals surface area contributed by atoms with Gasteiger partial charge < -0.3 is 19.7 Å². The Kier molecular flexibility index (Phi) is 6.40. The monoisotopic (exact) mass is 430 g/mol. The summed E-state index contributed by atoms with van der Waals surface area (Å²) >= 11 is 0. The molecule has 1 aliphatic heterocycles. The van der Waals surface area contributed by atoms with Gasteiger partial charge in [0.05, 0.1) is 20.6 Å². The number of hydrogen-bond acceptors (Lipinski definition) is 4. The molecule has 0 saturated carbocycles. The summed E-state index contributed by atoms with van der Waals surface area (Å²) in [6.07, 6.45) is 0.294. The maximum absolute atomic E-state index is 13.4. The van der Waals surface area contributed by atoms with E-state index in [0.29, 0.717) is 31.0 Å². The fourth-order valence-electron chi connectivity index (χ4n) is 4.06. The summed E-state index contributed by atoms with van der Waals surface area (Å²) in [6, 6.07) is 22.2. The molecular formula is C26H26N2O4. The zero-order valence-corrected chi connectivity index (χ0v) is 18.2. The molecule has 3 aromatic carbocycles. The van der Waals surface area contributed by atoms with E-state index in [1.165, 1.54) is 0 Å². The first-order valence-electron chi connectivity index (χ1n) is 10.5. The molecule has 1 heterocycles. The minimum absolute atomic E-state index is 0.0566. The second kappa shape index (κ2) is 9.56. The fourth-order valence-corrected chi connectivity index (χ4v) is 4.06. The van der Waals surface area contributed by atoms with E-state index in [0.717, 1.165) is 22.3 Å². The second-order valence-electron chi connectivity index (χ2n) is 7.69. The van der Waals surface area contributed by atoms with Crippen molar-refractivity contribution in [2.75, 3.05) is 14.2 Å². The van der Waals surface area contributed by atoms with Gasteiger partial charge in [-0.2, -0.15) is 0 Å². The maximum atomic E-state index is 13.4. The number of benzene rings is 3. The molecule has 0 spiro atoms. The third kappa shape index (κ3) is 4.44. The summed E-state index contributed by atoms with van der Waals surface area (Å²) in [5, 5.41) is 3.01. The molecule has 0 saturated heterocycles. The van der Waals surface area contributed by atoms with Crippen molar-refractivity contribution >= 4 is 11.8 Å². The number of amides is 2. The largest absolute Gasteiger partial charge is 0.493 e. The molecule has 1 atom stereocenters. The van der Waals surface area contributed by atoms with Gasteiger partial charge in [0.15, 0.2) is 11.5 Å². The van der Waals surface area contributed by atoms with Crippen LogP contribution >= 0.6 is 0 Å². The van der Waals surface area contributed by atoms with Crippen molar-refractivity contribution in [3.05, 3.63) is 95.1 Å². The molecule has 1 N–H and O–H groups in total. The lowest BCUT2D eigenvalue weighted by Crippen LogP contribution is -2.46. The van der Waals surface area contributed by atoms with Crippen LogP contribution in [0, 0.1) is 0 Å². The topological polar surface area (TPSA) is 67.9 Å². The number of rotatable bonds is 7. The van der Waals surface area contributed by atoms with Crippen LogP contribution < -0.4 is 14.8 Å². The zero-order chi connectivity index (χ0) is 22.5. The van der Waals surface area contributed by atoms with E-state index in [9.17, 15) is 9.59 Å². The smallest absolute Gasteiger partial charge is 0.247 e. The van der Waals surface area contributed by atoms with Crippen LogP contribution in [0.4, 0.5) is 0 Å². The van der Waals surface area contributed by atoms with Crippen LogP contribution in [-0.4, -0.2) is 30.9 Å². The Labute approximate surface area is 187 Å². The normalized spacial score (nSPS) is 15.1. The van der Waals surface area contributed by atoms with Crippen molar-refractivity contribution in [2.45, 2.75) is 25.6 Å².